The van der Waals surface area contributed by atoms with Gasteiger partial charge in [-0.25, -0.2) is 9.97 Å². The number of likely N-dealkylation sites (tertiary alicyclic amines) is 1. The number of hydrogen-bond acceptors (Lipinski definition) is 6. The average Bonchev–Trinajstić information content (AvgIpc) is 3.37. The van der Waals surface area contributed by atoms with Gasteiger partial charge in [0.15, 0.2) is 11.5 Å². The Kier molecular flexibility index (Phi) is 4.34. The molecule has 0 aromatic carbocycles. The minimum atomic E-state index is 0.841. The zero-order valence-electron chi connectivity index (χ0n) is 15.4. The van der Waals surface area contributed by atoms with Crippen molar-refractivity contribution >= 4 is 39.0 Å². The van der Waals surface area contributed by atoms with Gasteiger partial charge in [0.1, 0.15) is 16.4 Å². The maximum absolute atomic E-state index is 4.98. The fourth-order valence-corrected chi connectivity index (χ4v) is 5.78. The number of aryl methyl sites for hydroxylation is 2. The maximum Gasteiger partial charge on any atom is 0.201 e. The first-order valence-corrected chi connectivity index (χ1v) is 10.9. The number of thiophene rings is 1. The van der Waals surface area contributed by atoms with Gasteiger partial charge >= 0.3 is 0 Å². The summed E-state index contributed by atoms with van der Waals surface area (Å²) in [6.45, 7) is 7.67. The van der Waals surface area contributed by atoms with Crippen molar-refractivity contribution in [2.45, 2.75) is 43.4 Å². The van der Waals surface area contributed by atoms with E-state index in [0.29, 0.717) is 0 Å². The molecule has 4 aromatic heterocycles. The number of aromatic nitrogens is 5. The van der Waals surface area contributed by atoms with Crippen molar-refractivity contribution in [3.63, 3.8) is 0 Å². The van der Waals surface area contributed by atoms with E-state index in [0.717, 1.165) is 38.4 Å². The molecule has 1 fully saturated rings. The molecule has 0 saturated carbocycles. The van der Waals surface area contributed by atoms with Gasteiger partial charge in [0.25, 0.3) is 0 Å². The molecule has 1 aliphatic rings. The molecule has 1 saturated heterocycles. The minimum Gasteiger partial charge on any atom is -0.329 e. The average molecular weight is 398 g/mol. The number of nitrogens with one attached hydrogen (secondary N) is 1. The van der Waals surface area contributed by atoms with Crippen LogP contribution in [0.1, 0.15) is 29.1 Å². The molecule has 0 spiro atoms. The Bertz CT molecular complexity index is 1130. The molecular formula is C19H21N6S2+. The van der Waals surface area contributed by atoms with E-state index < -0.39 is 0 Å². The van der Waals surface area contributed by atoms with Crippen molar-refractivity contribution in [1.29, 1.82) is 0 Å². The molecule has 5 heterocycles. The van der Waals surface area contributed by atoms with E-state index in [4.69, 9.17) is 9.97 Å². The van der Waals surface area contributed by atoms with E-state index in [1.165, 1.54) is 36.4 Å². The molecule has 27 heavy (non-hydrogen) atoms. The number of hydrogen-bond donors (Lipinski definition) is 1. The number of quaternary nitrogens is 1. The van der Waals surface area contributed by atoms with Crippen LogP contribution in [0.5, 0.6) is 0 Å². The third kappa shape index (κ3) is 3.11. The third-order valence-corrected chi connectivity index (χ3v) is 7.28. The summed E-state index contributed by atoms with van der Waals surface area (Å²) in [5.41, 5.74) is 2.12. The van der Waals surface area contributed by atoms with Crippen LogP contribution in [-0.4, -0.2) is 37.7 Å². The normalized spacial score (nSPS) is 15.3. The standard InChI is InChI=1S/C19H20N6S2/c1-12-13(2)26-17-16(12)18(21-14(20-17)11-24-8-5-6-9-24)27-19-23-22-15-7-3-4-10-25(15)19/h3-4,7,10H,5-6,8-9,11H2,1-2H3/p+1. The highest BCUT2D eigenvalue weighted by Gasteiger charge is 2.21. The summed E-state index contributed by atoms with van der Waals surface area (Å²) >= 11 is 3.35. The van der Waals surface area contributed by atoms with Crippen molar-refractivity contribution < 1.29 is 4.90 Å². The highest BCUT2D eigenvalue weighted by Crippen LogP contribution is 2.37. The van der Waals surface area contributed by atoms with Gasteiger partial charge in [-0.1, -0.05) is 6.07 Å². The molecule has 138 valence electrons. The first-order valence-electron chi connectivity index (χ1n) is 9.27. The summed E-state index contributed by atoms with van der Waals surface area (Å²) in [4.78, 5) is 13.9. The zero-order valence-corrected chi connectivity index (χ0v) is 17.0. The number of nitrogens with zero attached hydrogens (tertiary/aromatic N) is 5. The fourth-order valence-electron chi connectivity index (χ4n) is 3.66. The lowest BCUT2D eigenvalue weighted by molar-refractivity contribution is -0.902. The van der Waals surface area contributed by atoms with E-state index in [-0.39, 0.29) is 0 Å². The lowest BCUT2D eigenvalue weighted by Crippen LogP contribution is -3.08. The third-order valence-electron chi connectivity index (χ3n) is 5.23. The molecule has 0 atom stereocenters. The van der Waals surface area contributed by atoms with Gasteiger partial charge in [0, 0.05) is 29.3 Å². The predicted octanol–water partition coefficient (Wildman–Crippen LogP) is 2.68. The Hall–Kier alpha value is -2.03. The lowest BCUT2D eigenvalue weighted by atomic mass is 10.2. The topological polar surface area (TPSA) is 60.4 Å². The molecule has 8 heteroatoms. The van der Waals surface area contributed by atoms with Gasteiger partial charge < -0.3 is 4.90 Å². The largest absolute Gasteiger partial charge is 0.329 e. The molecule has 6 nitrogen and oxygen atoms in total. The molecule has 4 aromatic rings. The van der Waals surface area contributed by atoms with Crippen LogP contribution in [0.2, 0.25) is 0 Å². The molecule has 5 rings (SSSR count). The maximum atomic E-state index is 4.98. The second-order valence-electron chi connectivity index (χ2n) is 7.06. The predicted molar refractivity (Wildman–Crippen MR) is 108 cm³/mol. The number of pyridine rings is 1. The lowest BCUT2D eigenvalue weighted by Gasteiger charge is -2.12. The van der Waals surface area contributed by atoms with Crippen LogP contribution in [0.3, 0.4) is 0 Å². The number of rotatable bonds is 4. The first kappa shape index (κ1) is 17.1. The molecule has 0 radical (unpaired) electrons. The van der Waals surface area contributed by atoms with Crippen molar-refractivity contribution in [2.24, 2.45) is 0 Å². The smallest absolute Gasteiger partial charge is 0.201 e. The summed E-state index contributed by atoms with van der Waals surface area (Å²) in [6.07, 6.45) is 4.61. The molecule has 0 aliphatic carbocycles. The van der Waals surface area contributed by atoms with E-state index in [1.54, 1.807) is 28.0 Å². The van der Waals surface area contributed by atoms with Crippen molar-refractivity contribution in [2.75, 3.05) is 13.1 Å². The Balaban J connectivity index is 1.60. The molecule has 0 unspecified atom stereocenters. The number of fused-ring (bicyclic) bond motifs is 2. The quantitative estimate of drug-likeness (QED) is 0.537. The summed E-state index contributed by atoms with van der Waals surface area (Å²) in [5, 5.41) is 11.7. The van der Waals surface area contributed by atoms with Crippen LogP contribution >= 0.6 is 23.1 Å². The Morgan fingerprint density at radius 1 is 1.15 bits per heavy atom. The molecule has 1 aliphatic heterocycles. The zero-order chi connectivity index (χ0) is 18.4. The van der Waals surface area contributed by atoms with Crippen LogP contribution in [0.25, 0.3) is 15.9 Å². The van der Waals surface area contributed by atoms with Crippen molar-refractivity contribution in [3.8, 4) is 0 Å². The van der Waals surface area contributed by atoms with Crippen LogP contribution in [0.4, 0.5) is 0 Å². The van der Waals surface area contributed by atoms with Crippen LogP contribution in [0, 0.1) is 13.8 Å². The second-order valence-corrected chi connectivity index (χ2v) is 9.21. The van der Waals surface area contributed by atoms with Crippen LogP contribution in [0.15, 0.2) is 34.6 Å². The molecule has 0 amide bonds. The van der Waals surface area contributed by atoms with E-state index in [9.17, 15) is 0 Å². The molecule has 1 N–H and O–H groups in total. The van der Waals surface area contributed by atoms with Crippen LogP contribution in [-0.2, 0) is 6.54 Å². The SMILES string of the molecule is Cc1sc2nc(C[NH+]3CCCC3)nc(Sc3nnc4ccccn34)c2c1C. The minimum absolute atomic E-state index is 0.841. The summed E-state index contributed by atoms with van der Waals surface area (Å²) in [5.74, 6) is 0.942. The van der Waals surface area contributed by atoms with Gasteiger partial charge in [-0.15, -0.1) is 21.5 Å². The molecule has 0 bridgehead atoms. The summed E-state index contributed by atoms with van der Waals surface area (Å²) in [7, 11) is 0. The second kappa shape index (κ2) is 6.85. The van der Waals surface area contributed by atoms with Crippen LogP contribution < -0.4 is 4.90 Å². The highest BCUT2D eigenvalue weighted by atomic mass is 32.2. The summed E-state index contributed by atoms with van der Waals surface area (Å²) < 4.78 is 2.01. The Labute approximate surface area is 165 Å². The first-order chi connectivity index (χ1) is 13.2. The monoisotopic (exact) mass is 397 g/mol. The fraction of sp³-hybridized carbons (Fsp3) is 0.368. The highest BCUT2D eigenvalue weighted by molar-refractivity contribution is 7.99. The van der Waals surface area contributed by atoms with E-state index in [1.807, 2.05) is 28.8 Å². The molecular weight excluding hydrogens is 376 g/mol. The Morgan fingerprint density at radius 2 is 2.00 bits per heavy atom. The van der Waals surface area contributed by atoms with Gasteiger partial charge in [-0.05, 0) is 43.3 Å². The van der Waals surface area contributed by atoms with E-state index in [2.05, 4.69) is 24.0 Å². The summed E-state index contributed by atoms with van der Waals surface area (Å²) in [6, 6.07) is 5.94. The van der Waals surface area contributed by atoms with Gasteiger partial charge in [0.2, 0.25) is 5.16 Å². The van der Waals surface area contributed by atoms with Gasteiger partial charge in [-0.2, -0.15) is 0 Å². The van der Waals surface area contributed by atoms with Crippen molar-refractivity contribution in [1.82, 2.24) is 24.6 Å². The van der Waals surface area contributed by atoms with Gasteiger partial charge in [0.05, 0.1) is 13.1 Å². The van der Waals surface area contributed by atoms with Crippen molar-refractivity contribution in [3.05, 3.63) is 40.7 Å². The Morgan fingerprint density at radius 3 is 2.85 bits per heavy atom. The van der Waals surface area contributed by atoms with E-state index >= 15 is 0 Å². The van der Waals surface area contributed by atoms with Gasteiger partial charge in [-0.3, -0.25) is 4.40 Å².